The van der Waals surface area contributed by atoms with Gasteiger partial charge in [-0.05, 0) is 75.6 Å². The van der Waals surface area contributed by atoms with Crippen LogP contribution < -0.4 is 19.9 Å². The van der Waals surface area contributed by atoms with Crippen molar-refractivity contribution in [3.8, 4) is 17.7 Å². The zero-order valence-electron chi connectivity index (χ0n) is 23.9. The van der Waals surface area contributed by atoms with Crippen LogP contribution in [0.3, 0.4) is 0 Å². The Kier molecular flexibility index (Phi) is 6.51. The number of nitrogens with zero attached hydrogens (tertiary/aromatic N) is 5. The highest BCUT2D eigenvalue weighted by molar-refractivity contribution is 9.10. The molecule has 0 saturated carbocycles. The molecule has 4 fully saturated rings. The van der Waals surface area contributed by atoms with E-state index in [0.717, 1.165) is 97.1 Å². The lowest BCUT2D eigenvalue weighted by Crippen LogP contribution is -2.53. The number of aromatic hydroxyl groups is 1. The number of nitrogens with one attached hydrogen (secondary N) is 1. The van der Waals surface area contributed by atoms with Gasteiger partial charge in [-0.25, -0.2) is 0 Å². The first-order valence-electron chi connectivity index (χ1n) is 15.5. The van der Waals surface area contributed by atoms with E-state index in [0.29, 0.717) is 36.7 Å². The minimum atomic E-state index is 0.0807. The topological polar surface area (TPSA) is 87.9 Å². The zero-order valence-corrected chi connectivity index (χ0v) is 25.5. The van der Waals surface area contributed by atoms with E-state index >= 15 is 0 Å². The van der Waals surface area contributed by atoms with Crippen LogP contribution in [0.15, 0.2) is 34.8 Å². The Labute approximate surface area is 255 Å². The summed E-state index contributed by atoms with van der Waals surface area (Å²) in [7, 11) is 0. The number of benzene rings is 2. The van der Waals surface area contributed by atoms with Crippen molar-refractivity contribution in [1.82, 2.24) is 15.2 Å². The van der Waals surface area contributed by atoms with E-state index in [2.05, 4.69) is 42.0 Å². The second-order valence-electron chi connectivity index (χ2n) is 12.8. The van der Waals surface area contributed by atoms with E-state index in [9.17, 15) is 10.4 Å². The summed E-state index contributed by atoms with van der Waals surface area (Å²) >= 11 is 3.76. The molecule has 218 valence electrons. The number of hydrogen-bond acceptors (Lipinski definition) is 8. The largest absolute Gasteiger partial charge is 0.508 e. The van der Waals surface area contributed by atoms with Crippen LogP contribution in [-0.4, -0.2) is 71.9 Å². The Morgan fingerprint density at radius 1 is 1.10 bits per heavy atom. The number of nitriles is 1. The van der Waals surface area contributed by atoms with Crippen LogP contribution in [0.4, 0.5) is 11.5 Å². The predicted octanol–water partition coefficient (Wildman–Crippen LogP) is 5.09. The molecule has 8 rings (SSSR count). The maximum absolute atomic E-state index is 10.7. The maximum Gasteiger partial charge on any atom is 0.234 e. The molecule has 8 nitrogen and oxygen atoms in total. The van der Waals surface area contributed by atoms with Crippen LogP contribution in [0.25, 0.3) is 10.8 Å². The third-order valence-electron chi connectivity index (χ3n) is 10.6. The SMILES string of the molecule is N#Cc1c(OCC23CCCN2CCC3)nc(N2[C@@H]3CC[C@H]2CNC3)c2c1CN(c1cc(O)cc3cccc(Br)c13)CC2. The Hall–Kier alpha value is -3.06. The summed E-state index contributed by atoms with van der Waals surface area (Å²) in [6, 6.07) is 13.1. The number of aromatic nitrogens is 1. The lowest BCUT2D eigenvalue weighted by atomic mass is 9.93. The molecular weight excluding hydrogens is 592 g/mol. The van der Waals surface area contributed by atoms with E-state index in [4.69, 9.17) is 9.72 Å². The Bertz CT molecular complexity index is 1580. The van der Waals surface area contributed by atoms with Crippen molar-refractivity contribution in [1.29, 1.82) is 5.26 Å². The Morgan fingerprint density at radius 2 is 1.88 bits per heavy atom. The van der Waals surface area contributed by atoms with Crippen molar-refractivity contribution < 1.29 is 9.84 Å². The standard InChI is InChI=1S/C33H37BrN6O2/c34-28-5-1-4-21-14-24(41)15-29(30(21)28)38-13-8-25-27(19-38)26(16-35)32(42-20-33-9-2-11-39(33)12-3-10-33)37-31(25)40-22-6-7-23(40)18-36-17-22/h1,4-5,14-15,22-23,36,41H,2-3,6-13,17-20H2/t22-,23+. The third kappa shape index (κ3) is 4.17. The molecular formula is C33H37BrN6O2. The van der Waals surface area contributed by atoms with Crippen molar-refractivity contribution in [3.63, 3.8) is 0 Å². The molecule has 0 radical (unpaired) electrons. The van der Waals surface area contributed by atoms with Crippen molar-refractivity contribution in [2.75, 3.05) is 49.1 Å². The van der Waals surface area contributed by atoms with Crippen molar-refractivity contribution in [3.05, 3.63) is 51.5 Å². The summed E-state index contributed by atoms with van der Waals surface area (Å²) in [5, 5.41) is 26.9. The van der Waals surface area contributed by atoms with E-state index in [1.165, 1.54) is 18.4 Å². The van der Waals surface area contributed by atoms with Gasteiger partial charge in [0.15, 0.2) is 0 Å². The molecule has 9 heteroatoms. The van der Waals surface area contributed by atoms with Crippen LogP contribution >= 0.6 is 15.9 Å². The summed E-state index contributed by atoms with van der Waals surface area (Å²) < 4.78 is 7.67. The molecule has 2 N–H and O–H groups in total. The molecule has 2 bridgehead atoms. The molecule has 2 atom stereocenters. The van der Waals surface area contributed by atoms with Crippen LogP contribution in [0.1, 0.15) is 55.2 Å². The van der Waals surface area contributed by atoms with Gasteiger partial charge in [0, 0.05) is 71.0 Å². The van der Waals surface area contributed by atoms with Crippen LogP contribution in [-0.2, 0) is 13.0 Å². The van der Waals surface area contributed by atoms with Gasteiger partial charge in [0.05, 0.1) is 5.54 Å². The molecule has 4 saturated heterocycles. The van der Waals surface area contributed by atoms with Gasteiger partial charge in [0.1, 0.15) is 29.8 Å². The monoisotopic (exact) mass is 628 g/mol. The minimum absolute atomic E-state index is 0.0807. The van der Waals surface area contributed by atoms with Crippen LogP contribution in [0.2, 0.25) is 0 Å². The molecule has 6 heterocycles. The lowest BCUT2D eigenvalue weighted by Gasteiger charge is -2.40. The molecule has 1 aromatic heterocycles. The molecule has 5 aliphatic heterocycles. The number of hydrogen-bond donors (Lipinski definition) is 2. The highest BCUT2D eigenvalue weighted by atomic mass is 79.9. The number of piperazine rings is 1. The highest BCUT2D eigenvalue weighted by Crippen LogP contribution is 2.44. The van der Waals surface area contributed by atoms with Gasteiger partial charge in [-0.3, -0.25) is 4.90 Å². The number of rotatable bonds is 5. The minimum Gasteiger partial charge on any atom is -0.508 e. The number of fused-ring (bicyclic) bond motifs is 5. The lowest BCUT2D eigenvalue weighted by molar-refractivity contribution is 0.110. The van der Waals surface area contributed by atoms with Crippen molar-refractivity contribution in [2.24, 2.45) is 0 Å². The first-order chi connectivity index (χ1) is 20.5. The fourth-order valence-corrected chi connectivity index (χ4v) is 9.19. The van der Waals surface area contributed by atoms with E-state index in [1.54, 1.807) is 0 Å². The van der Waals surface area contributed by atoms with Crippen LogP contribution in [0.5, 0.6) is 11.6 Å². The van der Waals surface area contributed by atoms with E-state index in [-0.39, 0.29) is 11.3 Å². The second-order valence-corrected chi connectivity index (χ2v) is 13.7. The second kappa shape index (κ2) is 10.3. The first-order valence-corrected chi connectivity index (χ1v) is 16.3. The molecule has 3 aromatic rings. The molecule has 0 spiro atoms. The average Bonchev–Trinajstić information content (AvgIpc) is 3.65. The molecule has 0 unspecified atom stereocenters. The summed E-state index contributed by atoms with van der Waals surface area (Å²) in [5.74, 6) is 1.78. The molecule has 0 amide bonds. The normalized spacial score (nSPS) is 24.6. The zero-order chi connectivity index (χ0) is 28.4. The fraction of sp³-hybridized carbons (Fsp3) is 0.515. The third-order valence-corrected chi connectivity index (χ3v) is 11.3. The highest BCUT2D eigenvalue weighted by Gasteiger charge is 2.46. The summed E-state index contributed by atoms with van der Waals surface area (Å²) in [5.41, 5.74) is 3.85. The van der Waals surface area contributed by atoms with Gasteiger partial charge in [0.2, 0.25) is 5.88 Å². The van der Waals surface area contributed by atoms with Crippen LogP contribution in [0, 0.1) is 11.3 Å². The van der Waals surface area contributed by atoms with E-state index < -0.39 is 0 Å². The number of phenolic OH excluding ortho intramolecular Hbond substituents is 1. The summed E-state index contributed by atoms with van der Waals surface area (Å²) in [6.45, 7) is 6.17. The molecule has 2 aromatic carbocycles. The Morgan fingerprint density at radius 3 is 2.64 bits per heavy atom. The molecule has 0 aliphatic carbocycles. The van der Waals surface area contributed by atoms with Gasteiger partial charge < -0.3 is 25.0 Å². The Balaban J connectivity index is 1.23. The van der Waals surface area contributed by atoms with Gasteiger partial charge in [-0.1, -0.05) is 28.1 Å². The quantitative estimate of drug-likeness (QED) is 0.404. The first kappa shape index (κ1) is 26.6. The number of anilines is 2. The fourth-order valence-electron chi connectivity index (χ4n) is 8.61. The van der Waals surface area contributed by atoms with Gasteiger partial charge in [-0.2, -0.15) is 10.2 Å². The van der Waals surface area contributed by atoms with Crippen molar-refractivity contribution >= 4 is 38.2 Å². The van der Waals surface area contributed by atoms with Crippen molar-refractivity contribution in [2.45, 2.75) is 69.1 Å². The number of phenols is 1. The van der Waals surface area contributed by atoms with E-state index in [1.807, 2.05) is 30.3 Å². The smallest absolute Gasteiger partial charge is 0.234 e. The number of ether oxygens (including phenoxy) is 1. The molecule has 5 aliphatic rings. The van der Waals surface area contributed by atoms with Gasteiger partial charge >= 0.3 is 0 Å². The predicted molar refractivity (Wildman–Crippen MR) is 167 cm³/mol. The molecule has 42 heavy (non-hydrogen) atoms. The maximum atomic E-state index is 10.7. The van der Waals surface area contributed by atoms with Gasteiger partial charge in [-0.15, -0.1) is 0 Å². The summed E-state index contributed by atoms with van der Waals surface area (Å²) in [4.78, 5) is 12.7. The number of pyridine rings is 1. The average molecular weight is 630 g/mol. The number of halogens is 1. The van der Waals surface area contributed by atoms with Gasteiger partial charge in [0.25, 0.3) is 0 Å². The summed E-state index contributed by atoms with van der Waals surface area (Å²) in [6.07, 6.45) is 7.85.